The van der Waals surface area contributed by atoms with Crippen LogP contribution in [0.4, 0.5) is 4.39 Å². The third-order valence-corrected chi connectivity index (χ3v) is 2.88. The molecule has 124 valence electrons. The number of oxime groups is 1. The maximum atomic E-state index is 13.6. The van der Waals surface area contributed by atoms with Crippen LogP contribution < -0.4 is 0 Å². The number of rotatable bonds is 3. The smallest absolute Gasteiger partial charge is 0.144 e. The van der Waals surface area contributed by atoms with Crippen LogP contribution in [-0.4, -0.2) is 26.5 Å². The van der Waals surface area contributed by atoms with Crippen LogP contribution in [0.1, 0.15) is 37.6 Å². The van der Waals surface area contributed by atoms with E-state index in [9.17, 15) is 14.6 Å². The van der Waals surface area contributed by atoms with Gasteiger partial charge in [0, 0.05) is 17.8 Å². The monoisotopic (exact) mass is 329 g/mol. The van der Waals surface area contributed by atoms with E-state index in [1.54, 1.807) is 26.8 Å². The predicted octanol–water partition coefficient (Wildman–Crippen LogP) is 3.07. The second-order valence-electron chi connectivity index (χ2n) is 5.98. The summed E-state index contributed by atoms with van der Waals surface area (Å²) in [6, 6.07) is 6.54. The lowest BCUT2D eigenvalue weighted by atomic mass is 10.0. The highest BCUT2D eigenvalue weighted by molar-refractivity contribution is 6.14. The van der Waals surface area contributed by atoms with Crippen LogP contribution in [0.15, 0.2) is 35.6 Å². The van der Waals surface area contributed by atoms with Gasteiger partial charge in [-0.25, -0.2) is 4.39 Å². The number of phenolic OH excluding ortho intramolecular Hbond substituents is 1. The molecule has 2 rings (SSSR count). The summed E-state index contributed by atoms with van der Waals surface area (Å²) in [5, 5.41) is 33.0. The largest absolute Gasteiger partial charge is 0.507 e. The molecule has 0 amide bonds. The first-order valence-corrected chi connectivity index (χ1v) is 7.06. The molecular weight excluding hydrogens is 313 g/mol. The quantitative estimate of drug-likeness (QED) is 0.666. The van der Waals surface area contributed by atoms with Crippen molar-refractivity contribution in [1.29, 1.82) is 5.26 Å². The summed E-state index contributed by atoms with van der Waals surface area (Å²) in [5.41, 5.74) is -0.888. The molecule has 0 fully saturated rings. The van der Waals surface area contributed by atoms with Gasteiger partial charge in [0.05, 0.1) is 5.56 Å². The van der Waals surface area contributed by atoms with Crippen molar-refractivity contribution in [2.45, 2.75) is 26.4 Å². The minimum absolute atomic E-state index is 0.0166. The van der Waals surface area contributed by atoms with Crippen molar-refractivity contribution in [1.82, 2.24) is 4.98 Å². The standard InChI is InChI=1S/C17H16FN3O3/c1-17(2,3)24-21-15(16-13(22)5-4-6-20-16)11-7-10(9-19)12(18)8-14(11)23/h4-8,22-23H,1-3H3. The van der Waals surface area contributed by atoms with Gasteiger partial charge < -0.3 is 15.1 Å². The molecule has 1 heterocycles. The molecule has 0 aliphatic rings. The summed E-state index contributed by atoms with van der Waals surface area (Å²) in [5.74, 6) is -1.51. The molecule has 0 radical (unpaired) electrons. The lowest BCUT2D eigenvalue weighted by Gasteiger charge is -2.17. The third kappa shape index (κ3) is 3.79. The number of benzene rings is 1. The number of hydrogen-bond donors (Lipinski definition) is 2. The van der Waals surface area contributed by atoms with Gasteiger partial charge in [-0.05, 0) is 39.0 Å². The van der Waals surface area contributed by atoms with Gasteiger partial charge in [0.2, 0.25) is 0 Å². The molecule has 2 aromatic rings. The average molecular weight is 329 g/mol. The maximum Gasteiger partial charge on any atom is 0.144 e. The van der Waals surface area contributed by atoms with E-state index in [1.807, 2.05) is 0 Å². The summed E-state index contributed by atoms with van der Waals surface area (Å²) in [7, 11) is 0. The molecule has 7 heteroatoms. The Hall–Kier alpha value is -3.14. The molecule has 2 N–H and O–H groups in total. The summed E-state index contributed by atoms with van der Waals surface area (Å²) < 4.78 is 13.6. The summed E-state index contributed by atoms with van der Waals surface area (Å²) in [6.45, 7) is 5.28. The van der Waals surface area contributed by atoms with Crippen molar-refractivity contribution in [3.05, 3.63) is 53.1 Å². The Morgan fingerprint density at radius 1 is 1.29 bits per heavy atom. The molecule has 1 aromatic carbocycles. The number of pyridine rings is 1. The van der Waals surface area contributed by atoms with Gasteiger partial charge in [0.15, 0.2) is 0 Å². The van der Waals surface area contributed by atoms with Crippen molar-refractivity contribution >= 4 is 5.71 Å². The number of hydrogen-bond acceptors (Lipinski definition) is 6. The minimum atomic E-state index is -0.861. The van der Waals surface area contributed by atoms with Crippen LogP contribution >= 0.6 is 0 Å². The SMILES string of the molecule is CC(C)(C)ON=C(c1cc(C#N)c(F)cc1O)c1ncccc1O. The average Bonchev–Trinajstić information content (AvgIpc) is 2.49. The zero-order valence-corrected chi connectivity index (χ0v) is 13.4. The molecule has 0 aliphatic carbocycles. The van der Waals surface area contributed by atoms with Crippen LogP contribution in [0.25, 0.3) is 0 Å². The van der Waals surface area contributed by atoms with Crippen molar-refractivity contribution < 1.29 is 19.4 Å². The first-order valence-electron chi connectivity index (χ1n) is 7.06. The van der Waals surface area contributed by atoms with Gasteiger partial charge in [-0.15, -0.1) is 0 Å². The Morgan fingerprint density at radius 3 is 2.58 bits per heavy atom. The van der Waals surface area contributed by atoms with Crippen LogP contribution in [0.5, 0.6) is 11.5 Å². The van der Waals surface area contributed by atoms with E-state index in [1.165, 1.54) is 18.3 Å². The number of phenols is 1. The zero-order chi connectivity index (χ0) is 17.9. The molecule has 0 aliphatic heterocycles. The van der Waals surface area contributed by atoms with E-state index in [0.717, 1.165) is 12.1 Å². The Morgan fingerprint density at radius 2 is 2.00 bits per heavy atom. The van der Waals surface area contributed by atoms with E-state index in [-0.39, 0.29) is 28.3 Å². The number of halogens is 1. The molecule has 1 aromatic heterocycles. The van der Waals surface area contributed by atoms with E-state index < -0.39 is 17.2 Å². The molecule has 0 saturated heterocycles. The van der Waals surface area contributed by atoms with Crippen LogP contribution in [0.2, 0.25) is 0 Å². The van der Waals surface area contributed by atoms with Gasteiger partial charge >= 0.3 is 0 Å². The summed E-state index contributed by atoms with van der Waals surface area (Å²) in [6.07, 6.45) is 1.42. The van der Waals surface area contributed by atoms with Gasteiger partial charge in [-0.1, -0.05) is 5.16 Å². The summed E-state index contributed by atoms with van der Waals surface area (Å²) in [4.78, 5) is 9.39. The van der Waals surface area contributed by atoms with E-state index >= 15 is 0 Å². The minimum Gasteiger partial charge on any atom is -0.507 e. The highest BCUT2D eigenvalue weighted by Crippen LogP contribution is 2.27. The Kier molecular flexibility index (Phi) is 4.69. The predicted molar refractivity (Wildman–Crippen MR) is 85.2 cm³/mol. The van der Waals surface area contributed by atoms with Crippen molar-refractivity contribution in [3.63, 3.8) is 0 Å². The molecule has 24 heavy (non-hydrogen) atoms. The molecule has 0 unspecified atom stereocenters. The number of nitriles is 1. The number of aromatic hydroxyl groups is 2. The normalized spacial score (nSPS) is 11.9. The Labute approximate surface area is 138 Å². The molecule has 0 spiro atoms. The van der Waals surface area contributed by atoms with Crippen molar-refractivity contribution in [2.75, 3.05) is 0 Å². The molecule has 0 atom stereocenters. The zero-order valence-electron chi connectivity index (χ0n) is 13.4. The second kappa shape index (κ2) is 6.54. The fourth-order valence-corrected chi connectivity index (χ4v) is 1.82. The van der Waals surface area contributed by atoms with Crippen molar-refractivity contribution in [3.8, 4) is 17.6 Å². The highest BCUT2D eigenvalue weighted by atomic mass is 19.1. The topological polar surface area (TPSA) is 98.7 Å². The summed E-state index contributed by atoms with van der Waals surface area (Å²) >= 11 is 0. The number of nitrogens with zero attached hydrogens (tertiary/aromatic N) is 3. The first kappa shape index (κ1) is 17.2. The fraction of sp³-hybridized carbons (Fsp3) is 0.235. The van der Waals surface area contributed by atoms with Crippen LogP contribution in [0.3, 0.4) is 0 Å². The Balaban J connectivity index is 2.68. The molecular formula is C17H16FN3O3. The van der Waals surface area contributed by atoms with E-state index in [0.29, 0.717) is 0 Å². The first-order chi connectivity index (χ1) is 11.2. The highest BCUT2D eigenvalue weighted by Gasteiger charge is 2.21. The lowest BCUT2D eigenvalue weighted by molar-refractivity contribution is 0.00108. The Bertz CT molecular complexity index is 836. The molecule has 6 nitrogen and oxygen atoms in total. The van der Waals surface area contributed by atoms with E-state index in [4.69, 9.17) is 10.1 Å². The fourth-order valence-electron chi connectivity index (χ4n) is 1.82. The third-order valence-electron chi connectivity index (χ3n) is 2.88. The maximum absolute atomic E-state index is 13.6. The van der Waals surface area contributed by atoms with Crippen LogP contribution in [0, 0.1) is 17.1 Å². The molecule has 0 saturated carbocycles. The number of aromatic nitrogens is 1. The van der Waals surface area contributed by atoms with Gasteiger partial charge in [-0.3, -0.25) is 4.98 Å². The van der Waals surface area contributed by atoms with Gasteiger partial charge in [0.1, 0.15) is 40.4 Å². The lowest BCUT2D eigenvalue weighted by Crippen LogP contribution is -2.18. The van der Waals surface area contributed by atoms with Gasteiger partial charge in [0.25, 0.3) is 0 Å². The second-order valence-corrected chi connectivity index (χ2v) is 5.98. The van der Waals surface area contributed by atoms with E-state index in [2.05, 4.69) is 10.1 Å². The van der Waals surface area contributed by atoms with Crippen molar-refractivity contribution in [2.24, 2.45) is 5.16 Å². The van der Waals surface area contributed by atoms with Gasteiger partial charge in [-0.2, -0.15) is 5.26 Å². The van der Waals surface area contributed by atoms with Crippen LogP contribution in [-0.2, 0) is 4.84 Å². The molecule has 0 bridgehead atoms.